The molecular weight excluding hydrogens is 436 g/mol. The van der Waals surface area contributed by atoms with E-state index in [4.69, 9.17) is 9.47 Å². The second-order valence-corrected chi connectivity index (χ2v) is 8.70. The maximum Gasteiger partial charge on any atom is 0.407 e. The summed E-state index contributed by atoms with van der Waals surface area (Å²) in [6.07, 6.45) is 0.665. The third kappa shape index (κ3) is 5.07. The van der Waals surface area contributed by atoms with Gasteiger partial charge in [-0.2, -0.15) is 0 Å². The van der Waals surface area contributed by atoms with Gasteiger partial charge in [-0.05, 0) is 35.1 Å². The highest BCUT2D eigenvalue weighted by Gasteiger charge is 2.37. The zero-order valence-electron chi connectivity index (χ0n) is 19.2. The van der Waals surface area contributed by atoms with Gasteiger partial charge in [-0.15, -0.1) is 0 Å². The number of carboxylic acids is 1. The largest absolute Gasteiger partial charge is 0.479 e. The number of aliphatic carboxylic acids is 1. The summed E-state index contributed by atoms with van der Waals surface area (Å²) in [4.78, 5) is 36.9. The van der Waals surface area contributed by atoms with E-state index in [0.717, 1.165) is 35.1 Å². The highest BCUT2D eigenvalue weighted by Crippen LogP contribution is 2.44. The minimum Gasteiger partial charge on any atom is -0.479 e. The van der Waals surface area contributed by atoms with Crippen LogP contribution in [-0.4, -0.2) is 54.5 Å². The van der Waals surface area contributed by atoms with Gasteiger partial charge in [0.15, 0.2) is 6.10 Å². The molecule has 8 nitrogen and oxygen atoms in total. The Labute approximate surface area is 198 Å². The lowest BCUT2D eigenvalue weighted by molar-refractivity contribution is -0.148. The van der Waals surface area contributed by atoms with Crippen LogP contribution < -0.4 is 10.6 Å². The Bertz CT molecular complexity index is 1010. The Hall–Kier alpha value is -3.39. The summed E-state index contributed by atoms with van der Waals surface area (Å²) in [6.45, 7) is 2.41. The Kier molecular flexibility index (Phi) is 7.47. The van der Waals surface area contributed by atoms with Crippen molar-refractivity contribution in [1.82, 2.24) is 10.6 Å². The van der Waals surface area contributed by atoms with Gasteiger partial charge < -0.3 is 25.2 Å². The third-order valence-corrected chi connectivity index (χ3v) is 6.46. The Morgan fingerprint density at radius 3 is 2.35 bits per heavy atom. The molecule has 3 atom stereocenters. The molecule has 1 aliphatic heterocycles. The predicted octanol–water partition coefficient (Wildman–Crippen LogP) is 3.44. The van der Waals surface area contributed by atoms with E-state index in [-0.39, 0.29) is 19.1 Å². The molecule has 2 amide bonds. The monoisotopic (exact) mass is 466 g/mol. The molecule has 2 aromatic carbocycles. The Morgan fingerprint density at radius 2 is 1.74 bits per heavy atom. The van der Waals surface area contributed by atoms with Crippen molar-refractivity contribution in [2.75, 3.05) is 13.2 Å². The van der Waals surface area contributed by atoms with Gasteiger partial charge in [0, 0.05) is 12.5 Å². The Balaban J connectivity index is 1.39. The first kappa shape index (κ1) is 23.8. The number of unbranched alkanes of at least 4 members (excludes halogenated alkanes) is 1. The van der Waals surface area contributed by atoms with E-state index in [9.17, 15) is 19.5 Å². The zero-order valence-corrected chi connectivity index (χ0v) is 19.2. The van der Waals surface area contributed by atoms with Crippen molar-refractivity contribution >= 4 is 18.0 Å². The molecule has 0 saturated carbocycles. The number of benzene rings is 2. The molecule has 180 valence electrons. The number of ether oxygens (including phenoxy) is 2. The second kappa shape index (κ2) is 10.7. The van der Waals surface area contributed by atoms with Crippen LogP contribution in [0, 0.1) is 0 Å². The molecule has 2 aromatic rings. The quantitative estimate of drug-likeness (QED) is 0.522. The van der Waals surface area contributed by atoms with Crippen LogP contribution in [0.1, 0.15) is 49.7 Å². The summed E-state index contributed by atoms with van der Waals surface area (Å²) in [6, 6.07) is 14.7. The number of amides is 2. The van der Waals surface area contributed by atoms with Crippen LogP contribution in [0.4, 0.5) is 4.79 Å². The van der Waals surface area contributed by atoms with Crippen LogP contribution in [-0.2, 0) is 19.1 Å². The van der Waals surface area contributed by atoms with Crippen molar-refractivity contribution in [2.24, 2.45) is 0 Å². The van der Waals surface area contributed by atoms with Gasteiger partial charge in [-0.3, -0.25) is 4.79 Å². The normalized spacial score (nSPS) is 19.7. The molecule has 0 unspecified atom stereocenters. The van der Waals surface area contributed by atoms with Crippen molar-refractivity contribution in [3.05, 3.63) is 59.7 Å². The summed E-state index contributed by atoms with van der Waals surface area (Å²) in [7, 11) is 0. The van der Waals surface area contributed by atoms with Gasteiger partial charge in [-0.25, -0.2) is 9.59 Å². The number of fused-ring (bicyclic) bond motifs is 3. The van der Waals surface area contributed by atoms with Crippen molar-refractivity contribution < 1.29 is 29.0 Å². The number of alkyl carbamates (subject to hydrolysis) is 1. The van der Waals surface area contributed by atoms with Gasteiger partial charge in [0.25, 0.3) is 0 Å². The number of nitrogens with one attached hydrogen (secondary N) is 2. The standard InChI is InChI=1S/C26H30N2O6/c1-2-3-12-22(24(29)27-21-13-14-33-23(21)25(30)31)28-26(32)34-15-20-18-10-6-4-8-16(18)17-9-5-7-11-19(17)20/h4-11,20-23H,2-3,12-15H2,1H3,(H,27,29)(H,28,32)(H,30,31)/t21-,22-,23+/m0/s1. The van der Waals surface area contributed by atoms with Gasteiger partial charge in [0.05, 0.1) is 6.04 Å². The molecule has 4 rings (SSSR count). The fourth-order valence-corrected chi connectivity index (χ4v) is 4.72. The predicted molar refractivity (Wildman–Crippen MR) is 125 cm³/mol. The van der Waals surface area contributed by atoms with Crippen LogP contribution >= 0.6 is 0 Å². The number of hydrogen-bond acceptors (Lipinski definition) is 5. The molecule has 34 heavy (non-hydrogen) atoms. The number of rotatable bonds is 9. The summed E-state index contributed by atoms with van der Waals surface area (Å²) >= 11 is 0. The van der Waals surface area contributed by atoms with E-state index in [1.165, 1.54) is 0 Å². The van der Waals surface area contributed by atoms with Gasteiger partial charge in [-0.1, -0.05) is 68.3 Å². The first-order valence-electron chi connectivity index (χ1n) is 11.8. The van der Waals surface area contributed by atoms with E-state index >= 15 is 0 Å². The first-order valence-corrected chi connectivity index (χ1v) is 11.8. The average molecular weight is 467 g/mol. The Morgan fingerprint density at radius 1 is 1.09 bits per heavy atom. The van der Waals surface area contributed by atoms with Gasteiger partial charge in [0.2, 0.25) is 5.91 Å². The lowest BCUT2D eigenvalue weighted by Crippen LogP contribution is -2.52. The van der Waals surface area contributed by atoms with Gasteiger partial charge in [0.1, 0.15) is 12.6 Å². The molecule has 0 aromatic heterocycles. The number of carbonyl (C=O) groups is 3. The summed E-state index contributed by atoms with van der Waals surface area (Å²) < 4.78 is 10.8. The summed E-state index contributed by atoms with van der Waals surface area (Å²) in [5.41, 5.74) is 4.49. The first-order chi connectivity index (χ1) is 16.5. The molecule has 1 aliphatic carbocycles. The van der Waals surface area contributed by atoms with Crippen molar-refractivity contribution in [3.8, 4) is 11.1 Å². The molecule has 1 saturated heterocycles. The summed E-state index contributed by atoms with van der Waals surface area (Å²) in [5, 5.41) is 14.7. The van der Waals surface area contributed by atoms with Crippen molar-refractivity contribution in [3.63, 3.8) is 0 Å². The minimum atomic E-state index is -1.11. The summed E-state index contributed by atoms with van der Waals surface area (Å²) in [5.74, 6) is -1.62. The second-order valence-electron chi connectivity index (χ2n) is 8.70. The number of hydrogen-bond donors (Lipinski definition) is 3. The maximum absolute atomic E-state index is 12.9. The van der Waals surface area contributed by atoms with Crippen molar-refractivity contribution in [2.45, 2.75) is 56.7 Å². The van der Waals surface area contributed by atoms with E-state index in [1.807, 2.05) is 43.3 Å². The average Bonchev–Trinajstić information content (AvgIpc) is 3.43. The number of carboxylic acid groups (broad SMARTS) is 1. The molecule has 1 heterocycles. The zero-order chi connectivity index (χ0) is 24.1. The van der Waals surface area contributed by atoms with E-state index in [0.29, 0.717) is 12.8 Å². The minimum absolute atomic E-state index is 0.0759. The lowest BCUT2D eigenvalue weighted by atomic mass is 9.98. The van der Waals surface area contributed by atoms with Crippen LogP contribution in [0.2, 0.25) is 0 Å². The van der Waals surface area contributed by atoms with Gasteiger partial charge >= 0.3 is 12.1 Å². The van der Waals surface area contributed by atoms with E-state index in [1.54, 1.807) is 0 Å². The molecule has 3 N–H and O–H groups in total. The molecule has 2 aliphatic rings. The fraction of sp³-hybridized carbons (Fsp3) is 0.423. The lowest BCUT2D eigenvalue weighted by Gasteiger charge is -2.22. The molecular formula is C26H30N2O6. The molecule has 1 fully saturated rings. The highest BCUT2D eigenvalue weighted by molar-refractivity contribution is 5.87. The van der Waals surface area contributed by atoms with Crippen molar-refractivity contribution in [1.29, 1.82) is 0 Å². The SMILES string of the molecule is CCCC[C@H](NC(=O)OCC1c2ccccc2-c2ccccc21)C(=O)N[C@H]1CCO[C@H]1C(=O)O. The smallest absolute Gasteiger partial charge is 0.407 e. The van der Waals surface area contributed by atoms with E-state index in [2.05, 4.69) is 22.8 Å². The maximum atomic E-state index is 12.9. The molecule has 8 heteroatoms. The van der Waals surface area contributed by atoms with Crippen LogP contribution in [0.25, 0.3) is 11.1 Å². The topological polar surface area (TPSA) is 114 Å². The molecule has 0 bridgehead atoms. The molecule has 0 spiro atoms. The van der Waals surface area contributed by atoms with E-state index < -0.39 is 36.2 Å². The van der Waals surface area contributed by atoms with Crippen LogP contribution in [0.15, 0.2) is 48.5 Å². The molecule has 0 radical (unpaired) electrons. The third-order valence-electron chi connectivity index (χ3n) is 6.46. The van der Waals surface area contributed by atoms with Crippen LogP contribution in [0.5, 0.6) is 0 Å². The fourth-order valence-electron chi connectivity index (χ4n) is 4.72. The number of carbonyl (C=O) groups excluding carboxylic acids is 2. The highest BCUT2D eigenvalue weighted by atomic mass is 16.5. The van der Waals surface area contributed by atoms with Crippen LogP contribution in [0.3, 0.4) is 0 Å².